The van der Waals surface area contributed by atoms with Crippen molar-refractivity contribution in [3.05, 3.63) is 60.2 Å². The van der Waals surface area contributed by atoms with Gasteiger partial charge in [0.25, 0.3) is 0 Å². The third kappa shape index (κ3) is 12.3. The number of hydrogen-bond donors (Lipinski definition) is 1. The van der Waals surface area contributed by atoms with Crippen molar-refractivity contribution in [2.24, 2.45) is 4.99 Å². The van der Waals surface area contributed by atoms with E-state index in [2.05, 4.69) is 13.8 Å². The molecule has 1 atom stereocenters. The molecular formula is C31H47NO2. The number of phenolic OH excluding ortho intramolecular Hbond substituents is 1. The van der Waals surface area contributed by atoms with Crippen LogP contribution in [0.3, 0.4) is 0 Å². The molecule has 2 aromatic carbocycles. The minimum Gasteiger partial charge on any atom is -0.508 e. The number of ether oxygens (including phenoxy) is 1. The van der Waals surface area contributed by atoms with Crippen LogP contribution in [0, 0.1) is 0 Å². The van der Waals surface area contributed by atoms with Crippen LogP contribution >= 0.6 is 0 Å². The van der Waals surface area contributed by atoms with Crippen molar-refractivity contribution in [1.82, 2.24) is 0 Å². The van der Waals surface area contributed by atoms with Gasteiger partial charge in [-0.3, -0.25) is 0 Å². The number of rotatable bonds is 18. The Morgan fingerprint density at radius 2 is 1.24 bits per heavy atom. The highest BCUT2D eigenvalue weighted by atomic mass is 16.5. The molecule has 0 spiro atoms. The van der Waals surface area contributed by atoms with Gasteiger partial charge in [-0.05, 0) is 55.7 Å². The maximum atomic E-state index is 9.58. The topological polar surface area (TPSA) is 41.8 Å². The predicted octanol–water partition coefficient (Wildman–Crippen LogP) is 9.75. The Bertz CT molecular complexity index is 770. The van der Waals surface area contributed by atoms with Gasteiger partial charge in [-0.2, -0.15) is 0 Å². The number of aliphatic imine (C=N–C) groups is 1. The molecule has 34 heavy (non-hydrogen) atoms. The van der Waals surface area contributed by atoms with E-state index in [0.717, 1.165) is 30.5 Å². The maximum Gasteiger partial charge on any atom is 0.221 e. The molecule has 0 amide bonds. The van der Waals surface area contributed by atoms with Gasteiger partial charge in [0.1, 0.15) is 11.9 Å². The fourth-order valence-corrected chi connectivity index (χ4v) is 4.34. The summed E-state index contributed by atoms with van der Waals surface area (Å²) in [6, 6.07) is 17.1. The highest BCUT2D eigenvalue weighted by Crippen LogP contribution is 2.21. The third-order valence-electron chi connectivity index (χ3n) is 6.37. The number of hydrogen-bond acceptors (Lipinski definition) is 3. The first-order chi connectivity index (χ1) is 16.7. The van der Waals surface area contributed by atoms with Gasteiger partial charge in [0.2, 0.25) is 5.90 Å². The Hall–Kier alpha value is -2.29. The summed E-state index contributed by atoms with van der Waals surface area (Å²) in [5.41, 5.74) is 1.78. The Kier molecular flexibility index (Phi) is 14.9. The van der Waals surface area contributed by atoms with E-state index >= 15 is 0 Å². The van der Waals surface area contributed by atoms with Crippen molar-refractivity contribution in [2.75, 3.05) is 0 Å². The molecule has 3 nitrogen and oxygen atoms in total. The fraction of sp³-hybridized carbons (Fsp3) is 0.581. The lowest BCUT2D eigenvalue weighted by atomic mass is 10.0. The molecule has 0 aromatic heterocycles. The number of aromatic hydroxyl groups is 1. The van der Waals surface area contributed by atoms with E-state index in [-0.39, 0.29) is 11.9 Å². The van der Waals surface area contributed by atoms with Crippen LogP contribution in [0.25, 0.3) is 0 Å². The van der Waals surface area contributed by atoms with Crippen molar-refractivity contribution < 1.29 is 9.84 Å². The summed E-state index contributed by atoms with van der Waals surface area (Å²) in [5, 5.41) is 9.58. The average molecular weight is 466 g/mol. The molecule has 0 heterocycles. The Morgan fingerprint density at radius 1 is 0.676 bits per heavy atom. The van der Waals surface area contributed by atoms with Gasteiger partial charge < -0.3 is 9.84 Å². The molecule has 3 heteroatoms. The second kappa shape index (κ2) is 18.1. The number of nitrogens with zero attached hydrogens (tertiary/aromatic N) is 1. The maximum absolute atomic E-state index is 9.58. The largest absolute Gasteiger partial charge is 0.508 e. The molecule has 0 aliphatic heterocycles. The molecule has 1 unspecified atom stereocenters. The van der Waals surface area contributed by atoms with E-state index in [9.17, 15) is 5.11 Å². The van der Waals surface area contributed by atoms with Crippen LogP contribution in [0.1, 0.15) is 116 Å². The van der Waals surface area contributed by atoms with Gasteiger partial charge in [0.15, 0.2) is 0 Å². The quantitative estimate of drug-likeness (QED) is 0.135. The van der Waals surface area contributed by atoms with Gasteiger partial charge in [-0.1, -0.05) is 109 Å². The van der Waals surface area contributed by atoms with Crippen molar-refractivity contribution >= 4 is 11.6 Å². The summed E-state index contributed by atoms with van der Waals surface area (Å²) in [5.74, 6) is 0.917. The highest BCUT2D eigenvalue weighted by Gasteiger charge is 2.14. The van der Waals surface area contributed by atoms with Crippen LogP contribution in [0.15, 0.2) is 59.6 Å². The zero-order valence-electron chi connectivity index (χ0n) is 21.7. The average Bonchev–Trinajstić information content (AvgIpc) is 2.86. The summed E-state index contributed by atoms with van der Waals surface area (Å²) in [6.45, 7) is 4.50. The first-order valence-electron chi connectivity index (χ1n) is 13.8. The van der Waals surface area contributed by atoms with Crippen LogP contribution in [0.5, 0.6) is 5.75 Å². The Balaban J connectivity index is 1.77. The minimum absolute atomic E-state index is 0.184. The van der Waals surface area contributed by atoms with Gasteiger partial charge in [-0.25, -0.2) is 4.99 Å². The normalized spacial score (nSPS) is 12.6. The van der Waals surface area contributed by atoms with E-state index in [0.29, 0.717) is 5.90 Å². The zero-order chi connectivity index (χ0) is 24.3. The highest BCUT2D eigenvalue weighted by molar-refractivity contribution is 5.95. The Morgan fingerprint density at radius 3 is 1.79 bits per heavy atom. The molecule has 2 rings (SSSR count). The van der Waals surface area contributed by atoms with E-state index in [1.807, 2.05) is 42.5 Å². The van der Waals surface area contributed by atoms with Crippen LogP contribution in [-0.4, -0.2) is 17.1 Å². The molecule has 0 saturated heterocycles. The van der Waals surface area contributed by atoms with Crippen molar-refractivity contribution in [3.8, 4) is 5.75 Å². The fourth-order valence-electron chi connectivity index (χ4n) is 4.34. The molecule has 0 saturated carbocycles. The van der Waals surface area contributed by atoms with E-state index < -0.39 is 0 Å². The summed E-state index contributed by atoms with van der Waals surface area (Å²) in [6.07, 6.45) is 19.8. The van der Waals surface area contributed by atoms with Crippen molar-refractivity contribution in [1.29, 1.82) is 0 Å². The smallest absolute Gasteiger partial charge is 0.221 e. The minimum atomic E-state index is 0.184. The standard InChI is InChI=1S/C31H47NO2/c1-3-5-6-7-8-9-10-11-12-13-14-18-22-30(19-4-2)34-31(27-20-16-15-17-21-27)32-28-23-25-29(33)26-24-28/h15-17,20-21,23-26,30,33H,3-14,18-19,22H2,1-2H3. The first-order valence-corrected chi connectivity index (χ1v) is 13.8. The van der Waals surface area contributed by atoms with Crippen LogP contribution in [-0.2, 0) is 4.74 Å². The van der Waals surface area contributed by atoms with Crippen molar-refractivity contribution in [2.45, 2.75) is 116 Å². The molecule has 2 aromatic rings. The van der Waals surface area contributed by atoms with Crippen LogP contribution in [0.2, 0.25) is 0 Å². The first kappa shape index (κ1) is 28.0. The molecule has 0 aliphatic carbocycles. The van der Waals surface area contributed by atoms with Gasteiger partial charge in [-0.15, -0.1) is 0 Å². The molecule has 0 fully saturated rings. The summed E-state index contributed by atoms with van der Waals surface area (Å²) >= 11 is 0. The van der Waals surface area contributed by atoms with E-state index in [1.54, 1.807) is 12.1 Å². The lowest BCUT2D eigenvalue weighted by Gasteiger charge is -2.20. The molecular weight excluding hydrogens is 418 g/mol. The van der Waals surface area contributed by atoms with Crippen LogP contribution in [0.4, 0.5) is 5.69 Å². The van der Waals surface area contributed by atoms with Crippen molar-refractivity contribution in [3.63, 3.8) is 0 Å². The van der Waals surface area contributed by atoms with Gasteiger partial charge in [0, 0.05) is 5.56 Å². The van der Waals surface area contributed by atoms with Crippen LogP contribution < -0.4 is 0 Å². The van der Waals surface area contributed by atoms with Gasteiger partial charge in [0.05, 0.1) is 5.69 Å². The monoisotopic (exact) mass is 465 g/mol. The van der Waals surface area contributed by atoms with E-state index in [1.165, 1.54) is 77.0 Å². The van der Waals surface area contributed by atoms with Gasteiger partial charge >= 0.3 is 0 Å². The predicted molar refractivity (Wildman–Crippen MR) is 146 cm³/mol. The molecule has 0 aliphatic rings. The number of unbranched alkanes of at least 4 members (excludes halogenated alkanes) is 11. The Labute approximate surface area is 208 Å². The second-order valence-corrected chi connectivity index (χ2v) is 9.51. The SMILES string of the molecule is CCCCCCCCCCCCCCC(CCC)OC(=Nc1ccc(O)cc1)c1ccccc1. The third-order valence-corrected chi connectivity index (χ3v) is 6.37. The molecule has 188 valence electrons. The number of phenols is 1. The molecule has 0 radical (unpaired) electrons. The molecule has 1 N–H and O–H groups in total. The lowest BCUT2D eigenvalue weighted by molar-refractivity contribution is 0.164. The summed E-state index contributed by atoms with van der Waals surface area (Å²) < 4.78 is 6.50. The lowest BCUT2D eigenvalue weighted by Crippen LogP contribution is -2.19. The number of benzene rings is 2. The zero-order valence-corrected chi connectivity index (χ0v) is 21.7. The van der Waals surface area contributed by atoms with E-state index in [4.69, 9.17) is 9.73 Å². The second-order valence-electron chi connectivity index (χ2n) is 9.51. The molecule has 0 bridgehead atoms. The summed E-state index contributed by atoms with van der Waals surface area (Å²) in [4.78, 5) is 4.78. The summed E-state index contributed by atoms with van der Waals surface area (Å²) in [7, 11) is 0.